The van der Waals surface area contributed by atoms with Gasteiger partial charge in [-0.05, 0) is 47.7 Å². The Kier molecular flexibility index (Phi) is 5.11. The number of benzene rings is 2. The van der Waals surface area contributed by atoms with Gasteiger partial charge in [0.25, 0.3) is 11.1 Å². The number of carboxylic acids is 1. The van der Waals surface area contributed by atoms with Crippen LogP contribution >= 0.6 is 23.4 Å². The van der Waals surface area contributed by atoms with Crippen LogP contribution in [0.15, 0.2) is 47.4 Å². The Morgan fingerprint density at radius 1 is 1.19 bits per heavy atom. The Bertz CT molecular complexity index is 922. The van der Waals surface area contributed by atoms with Crippen LogP contribution in [0, 0.1) is 5.82 Å². The van der Waals surface area contributed by atoms with E-state index in [0.717, 1.165) is 16.7 Å². The number of nitrogens with zero attached hydrogens (tertiary/aromatic N) is 1. The van der Waals surface area contributed by atoms with Gasteiger partial charge < -0.3 is 5.11 Å². The molecule has 2 aromatic rings. The molecule has 3 rings (SSSR count). The Hall–Kier alpha value is -2.64. The highest BCUT2D eigenvalue weighted by Gasteiger charge is 2.35. The van der Waals surface area contributed by atoms with Crippen LogP contribution < -0.4 is 0 Å². The van der Waals surface area contributed by atoms with Crippen molar-refractivity contribution < 1.29 is 23.9 Å². The molecule has 1 saturated heterocycles. The maximum Gasteiger partial charge on any atom is 0.335 e. The monoisotopic (exact) mass is 391 g/mol. The number of imide groups is 1. The van der Waals surface area contributed by atoms with E-state index in [1.165, 1.54) is 48.5 Å². The highest BCUT2D eigenvalue weighted by atomic mass is 35.5. The molecule has 5 nitrogen and oxygen atoms in total. The first-order valence-electron chi connectivity index (χ1n) is 7.38. The normalized spacial score (nSPS) is 15.8. The van der Waals surface area contributed by atoms with Crippen LogP contribution in [0.1, 0.15) is 21.5 Å². The fourth-order valence-electron chi connectivity index (χ4n) is 2.35. The summed E-state index contributed by atoms with van der Waals surface area (Å²) in [7, 11) is 0. The minimum atomic E-state index is -1.06. The zero-order valence-corrected chi connectivity index (χ0v) is 14.7. The number of amides is 2. The summed E-state index contributed by atoms with van der Waals surface area (Å²) in [5.41, 5.74) is 0.761. The zero-order chi connectivity index (χ0) is 18.8. The maximum absolute atomic E-state index is 13.9. The largest absolute Gasteiger partial charge is 0.478 e. The second-order valence-corrected chi connectivity index (χ2v) is 6.80. The van der Waals surface area contributed by atoms with E-state index in [-0.39, 0.29) is 27.6 Å². The quantitative estimate of drug-likeness (QED) is 0.781. The lowest BCUT2D eigenvalue weighted by Crippen LogP contribution is -2.28. The molecular weight excluding hydrogens is 381 g/mol. The molecule has 0 radical (unpaired) electrons. The molecule has 1 aliphatic rings. The molecule has 0 spiro atoms. The molecule has 1 N–H and O–H groups in total. The lowest BCUT2D eigenvalue weighted by molar-refractivity contribution is -0.123. The summed E-state index contributed by atoms with van der Waals surface area (Å²) in [5, 5.41) is 8.50. The van der Waals surface area contributed by atoms with Crippen molar-refractivity contribution in [3.8, 4) is 0 Å². The van der Waals surface area contributed by atoms with Gasteiger partial charge in [0, 0.05) is 10.6 Å². The van der Waals surface area contributed by atoms with E-state index < -0.39 is 22.9 Å². The Balaban J connectivity index is 1.83. The van der Waals surface area contributed by atoms with Crippen LogP contribution in [0.3, 0.4) is 0 Å². The van der Waals surface area contributed by atoms with E-state index in [4.69, 9.17) is 16.7 Å². The van der Waals surface area contributed by atoms with Gasteiger partial charge in [-0.15, -0.1) is 0 Å². The number of aromatic carboxylic acids is 1. The van der Waals surface area contributed by atoms with Gasteiger partial charge in [0.05, 0.1) is 17.0 Å². The molecule has 2 aromatic carbocycles. The van der Waals surface area contributed by atoms with Crippen molar-refractivity contribution in [1.29, 1.82) is 0 Å². The third-order valence-corrected chi connectivity index (χ3v) is 4.97. The minimum absolute atomic E-state index is 0.0727. The molecule has 1 fully saturated rings. The molecule has 0 saturated carbocycles. The van der Waals surface area contributed by atoms with Crippen LogP contribution in [-0.2, 0) is 11.3 Å². The standard InChI is InChI=1S/C18H11ClFNO4S/c19-13-2-1-3-14(20)12(13)9-21-16(22)15(26-18(21)25)8-10-4-6-11(7-5-10)17(23)24/h1-8H,9H2,(H,23,24)/b15-8-. The number of carbonyl (C=O) groups is 3. The third-order valence-electron chi connectivity index (χ3n) is 3.71. The van der Waals surface area contributed by atoms with E-state index >= 15 is 0 Å². The predicted octanol–water partition coefficient (Wildman–Crippen LogP) is 4.41. The summed E-state index contributed by atoms with van der Waals surface area (Å²) in [5.74, 6) is -2.20. The van der Waals surface area contributed by atoms with Crippen LogP contribution in [0.4, 0.5) is 9.18 Å². The van der Waals surface area contributed by atoms with Crippen molar-refractivity contribution >= 4 is 46.6 Å². The molecular formula is C18H11ClFNO4S. The summed E-state index contributed by atoms with van der Waals surface area (Å²) in [6, 6.07) is 10.0. The van der Waals surface area contributed by atoms with Crippen molar-refractivity contribution in [3.63, 3.8) is 0 Å². The smallest absolute Gasteiger partial charge is 0.335 e. The van der Waals surface area contributed by atoms with Gasteiger partial charge >= 0.3 is 5.97 Å². The Labute approximate surface area is 157 Å². The molecule has 1 aliphatic heterocycles. The number of hydrogen-bond donors (Lipinski definition) is 1. The first kappa shape index (κ1) is 18.2. The molecule has 0 unspecified atom stereocenters. The maximum atomic E-state index is 13.9. The fourth-order valence-corrected chi connectivity index (χ4v) is 3.41. The van der Waals surface area contributed by atoms with Crippen molar-refractivity contribution in [1.82, 2.24) is 4.90 Å². The summed E-state index contributed by atoms with van der Waals surface area (Å²) < 4.78 is 13.9. The van der Waals surface area contributed by atoms with Crippen LogP contribution in [0.5, 0.6) is 0 Å². The summed E-state index contributed by atoms with van der Waals surface area (Å²) in [6.45, 7) is -0.258. The molecule has 0 aliphatic carbocycles. The van der Waals surface area contributed by atoms with Gasteiger partial charge in [-0.25, -0.2) is 9.18 Å². The van der Waals surface area contributed by atoms with E-state index in [1.807, 2.05) is 0 Å². The summed E-state index contributed by atoms with van der Waals surface area (Å²) in [6.07, 6.45) is 1.49. The Morgan fingerprint density at radius 2 is 1.88 bits per heavy atom. The highest BCUT2D eigenvalue weighted by Crippen LogP contribution is 2.34. The highest BCUT2D eigenvalue weighted by molar-refractivity contribution is 8.18. The number of rotatable bonds is 4. The first-order chi connectivity index (χ1) is 12.4. The Morgan fingerprint density at radius 3 is 2.50 bits per heavy atom. The second kappa shape index (κ2) is 7.31. The fraction of sp³-hybridized carbons (Fsp3) is 0.0556. The first-order valence-corrected chi connectivity index (χ1v) is 8.58. The van der Waals surface area contributed by atoms with Gasteiger partial charge in [0.2, 0.25) is 0 Å². The van der Waals surface area contributed by atoms with Crippen molar-refractivity contribution in [2.75, 3.05) is 0 Å². The van der Waals surface area contributed by atoms with Crippen LogP contribution in [-0.4, -0.2) is 27.1 Å². The number of thioether (sulfide) groups is 1. The molecule has 26 heavy (non-hydrogen) atoms. The van der Waals surface area contributed by atoms with Crippen molar-refractivity contribution in [3.05, 3.63) is 74.9 Å². The van der Waals surface area contributed by atoms with E-state index in [0.29, 0.717) is 5.56 Å². The average molecular weight is 392 g/mol. The SMILES string of the molecule is O=C(O)c1ccc(/C=C2\SC(=O)N(Cc3c(F)cccc3Cl)C2=O)cc1. The van der Waals surface area contributed by atoms with E-state index in [2.05, 4.69) is 0 Å². The molecule has 132 valence electrons. The predicted molar refractivity (Wildman–Crippen MR) is 96.3 cm³/mol. The lowest BCUT2D eigenvalue weighted by atomic mass is 10.1. The second-order valence-electron chi connectivity index (χ2n) is 5.40. The summed E-state index contributed by atoms with van der Waals surface area (Å²) >= 11 is 6.69. The van der Waals surface area contributed by atoms with E-state index in [1.54, 1.807) is 0 Å². The molecule has 0 bridgehead atoms. The zero-order valence-electron chi connectivity index (χ0n) is 13.1. The number of carboxylic acid groups (broad SMARTS) is 1. The van der Waals surface area contributed by atoms with E-state index in [9.17, 15) is 18.8 Å². The topological polar surface area (TPSA) is 74.7 Å². The third kappa shape index (κ3) is 3.63. The van der Waals surface area contributed by atoms with Gasteiger partial charge in [-0.2, -0.15) is 0 Å². The van der Waals surface area contributed by atoms with Gasteiger partial charge in [-0.1, -0.05) is 29.8 Å². The number of carbonyl (C=O) groups excluding carboxylic acids is 2. The minimum Gasteiger partial charge on any atom is -0.478 e. The molecule has 8 heteroatoms. The van der Waals surface area contributed by atoms with Gasteiger partial charge in [0.15, 0.2) is 0 Å². The van der Waals surface area contributed by atoms with Gasteiger partial charge in [-0.3, -0.25) is 14.5 Å². The molecule has 0 atom stereocenters. The molecule has 1 heterocycles. The molecule has 0 aromatic heterocycles. The number of hydrogen-bond acceptors (Lipinski definition) is 4. The average Bonchev–Trinajstić information content (AvgIpc) is 2.85. The summed E-state index contributed by atoms with van der Waals surface area (Å²) in [4.78, 5) is 36.6. The van der Waals surface area contributed by atoms with Crippen molar-refractivity contribution in [2.45, 2.75) is 6.54 Å². The van der Waals surface area contributed by atoms with Gasteiger partial charge in [0.1, 0.15) is 5.82 Å². The lowest BCUT2D eigenvalue weighted by Gasteiger charge is -2.14. The molecule has 2 amide bonds. The van der Waals surface area contributed by atoms with Crippen LogP contribution in [0.2, 0.25) is 5.02 Å². The van der Waals surface area contributed by atoms with Crippen LogP contribution in [0.25, 0.3) is 6.08 Å². The number of halogens is 2. The van der Waals surface area contributed by atoms with Crippen molar-refractivity contribution in [2.24, 2.45) is 0 Å².